The molecule has 0 atom stereocenters. The molecule has 2 N–H and O–H groups in total. The molecule has 18 heavy (non-hydrogen) atoms. The van der Waals surface area contributed by atoms with Gasteiger partial charge in [-0.3, -0.25) is 0 Å². The minimum absolute atomic E-state index is 0.354. The first-order valence-corrected chi connectivity index (χ1v) is 6.17. The number of aromatic nitrogens is 1. The van der Waals surface area contributed by atoms with Gasteiger partial charge in [-0.2, -0.15) is 0 Å². The van der Waals surface area contributed by atoms with Crippen LogP contribution in [0, 0.1) is 6.92 Å². The van der Waals surface area contributed by atoms with Crippen molar-refractivity contribution in [1.82, 2.24) is 5.16 Å². The van der Waals surface area contributed by atoms with Gasteiger partial charge in [-0.1, -0.05) is 28.4 Å². The van der Waals surface area contributed by atoms with Crippen LogP contribution < -0.4 is 10.6 Å². The van der Waals surface area contributed by atoms with E-state index in [1.54, 1.807) is 31.2 Å². The number of aryl methyl sites for hydroxylation is 1. The molecule has 0 bridgehead atoms. The number of rotatable bonds is 2. The number of benzene rings is 1. The molecule has 0 fully saturated rings. The van der Waals surface area contributed by atoms with Gasteiger partial charge in [0.25, 0.3) is 0 Å². The maximum absolute atomic E-state index is 6.00. The van der Waals surface area contributed by atoms with Gasteiger partial charge in [-0.05, 0) is 37.3 Å². The molecule has 0 spiro atoms. The smallest absolute Gasteiger partial charge is 0.176 e. The molecule has 0 saturated heterocycles. The zero-order chi connectivity index (χ0) is 13.1. The minimum atomic E-state index is 0.354. The van der Waals surface area contributed by atoms with Gasteiger partial charge in [0.2, 0.25) is 0 Å². The van der Waals surface area contributed by atoms with E-state index in [0.29, 0.717) is 32.4 Å². The molecular weight excluding hydrogens is 293 g/mol. The first kappa shape index (κ1) is 13.1. The van der Waals surface area contributed by atoms with Crippen LogP contribution in [0.2, 0.25) is 10.0 Å². The van der Waals surface area contributed by atoms with Crippen LogP contribution in [0.25, 0.3) is 0 Å². The van der Waals surface area contributed by atoms with Crippen LogP contribution in [0.15, 0.2) is 28.8 Å². The quantitative estimate of drug-likeness (QED) is 0.818. The van der Waals surface area contributed by atoms with Crippen LogP contribution in [0.5, 0.6) is 0 Å². The number of thiocarbonyl (C=S) groups is 1. The molecule has 0 aliphatic carbocycles. The molecule has 4 nitrogen and oxygen atoms in total. The molecular formula is C11H9Cl2N3OS. The summed E-state index contributed by atoms with van der Waals surface area (Å²) < 4.78 is 4.91. The lowest BCUT2D eigenvalue weighted by Crippen LogP contribution is -2.19. The summed E-state index contributed by atoms with van der Waals surface area (Å²) in [6.07, 6.45) is 0. The standard InChI is InChI=1S/C11H9Cl2N3OS/c1-6-4-10(16-17-6)15-11(18)14-9-5-7(12)2-3-8(9)13/h2-5H,1H3,(H2,14,15,16,18). The van der Waals surface area contributed by atoms with Gasteiger partial charge in [0.15, 0.2) is 10.9 Å². The van der Waals surface area contributed by atoms with Crippen molar-refractivity contribution in [2.45, 2.75) is 6.92 Å². The summed E-state index contributed by atoms with van der Waals surface area (Å²) in [5, 5.41) is 11.0. The Morgan fingerprint density at radius 1 is 1.28 bits per heavy atom. The molecule has 1 heterocycles. The summed E-state index contributed by atoms with van der Waals surface area (Å²) in [6.45, 7) is 1.79. The Morgan fingerprint density at radius 3 is 2.72 bits per heavy atom. The van der Waals surface area contributed by atoms with Gasteiger partial charge in [0, 0.05) is 11.1 Å². The van der Waals surface area contributed by atoms with Gasteiger partial charge in [0.05, 0.1) is 10.7 Å². The van der Waals surface area contributed by atoms with E-state index in [4.69, 9.17) is 39.9 Å². The van der Waals surface area contributed by atoms with Gasteiger partial charge >= 0.3 is 0 Å². The first-order valence-electron chi connectivity index (χ1n) is 5.01. The molecule has 0 saturated carbocycles. The number of hydrogen-bond acceptors (Lipinski definition) is 3. The highest BCUT2D eigenvalue weighted by molar-refractivity contribution is 7.80. The minimum Gasteiger partial charge on any atom is -0.360 e. The molecule has 0 radical (unpaired) electrons. The predicted octanol–water partition coefficient (Wildman–Crippen LogP) is 4.10. The maximum atomic E-state index is 6.00. The van der Waals surface area contributed by atoms with Crippen LogP contribution in [0.3, 0.4) is 0 Å². The molecule has 2 aromatic rings. The normalized spacial score (nSPS) is 10.2. The lowest BCUT2D eigenvalue weighted by molar-refractivity contribution is 0.400. The molecule has 0 amide bonds. The Morgan fingerprint density at radius 2 is 2.06 bits per heavy atom. The maximum Gasteiger partial charge on any atom is 0.176 e. The zero-order valence-electron chi connectivity index (χ0n) is 9.33. The van der Waals surface area contributed by atoms with Gasteiger partial charge in [-0.25, -0.2) is 0 Å². The van der Waals surface area contributed by atoms with Crippen molar-refractivity contribution in [1.29, 1.82) is 0 Å². The predicted molar refractivity (Wildman–Crippen MR) is 77.5 cm³/mol. The first-order chi connectivity index (χ1) is 8.54. The Kier molecular flexibility index (Phi) is 4.06. The zero-order valence-corrected chi connectivity index (χ0v) is 11.7. The largest absolute Gasteiger partial charge is 0.360 e. The van der Waals surface area contributed by atoms with E-state index < -0.39 is 0 Å². The van der Waals surface area contributed by atoms with E-state index in [1.807, 2.05) is 0 Å². The number of halogens is 2. The molecule has 1 aromatic carbocycles. The van der Waals surface area contributed by atoms with Crippen molar-refractivity contribution in [2.24, 2.45) is 0 Å². The van der Waals surface area contributed by atoms with E-state index in [2.05, 4.69) is 15.8 Å². The molecule has 94 valence electrons. The summed E-state index contributed by atoms with van der Waals surface area (Å²) in [5.74, 6) is 1.23. The molecule has 0 aliphatic rings. The second-order valence-electron chi connectivity index (χ2n) is 3.53. The van der Waals surface area contributed by atoms with Crippen molar-refractivity contribution >= 4 is 52.0 Å². The molecule has 1 aromatic heterocycles. The van der Waals surface area contributed by atoms with Gasteiger partial charge < -0.3 is 15.2 Å². The van der Waals surface area contributed by atoms with Crippen LogP contribution in [0.1, 0.15) is 5.76 Å². The van der Waals surface area contributed by atoms with E-state index in [0.717, 1.165) is 0 Å². The van der Waals surface area contributed by atoms with Crippen LogP contribution in [-0.2, 0) is 0 Å². The van der Waals surface area contributed by atoms with Crippen molar-refractivity contribution in [3.05, 3.63) is 40.1 Å². The van der Waals surface area contributed by atoms with Crippen LogP contribution in [-0.4, -0.2) is 10.3 Å². The highest BCUT2D eigenvalue weighted by Gasteiger charge is 2.06. The fourth-order valence-corrected chi connectivity index (χ4v) is 1.84. The topological polar surface area (TPSA) is 50.1 Å². The van der Waals surface area contributed by atoms with E-state index in [-0.39, 0.29) is 0 Å². The average Bonchev–Trinajstić information content (AvgIpc) is 2.69. The summed E-state index contributed by atoms with van der Waals surface area (Å²) in [7, 11) is 0. The second kappa shape index (κ2) is 5.56. The molecule has 0 aliphatic heterocycles. The number of anilines is 2. The van der Waals surface area contributed by atoms with Crippen molar-refractivity contribution in [2.75, 3.05) is 10.6 Å². The lowest BCUT2D eigenvalue weighted by atomic mass is 10.3. The highest BCUT2D eigenvalue weighted by Crippen LogP contribution is 2.25. The third-order valence-corrected chi connectivity index (χ3v) is 2.81. The lowest BCUT2D eigenvalue weighted by Gasteiger charge is -2.09. The second-order valence-corrected chi connectivity index (χ2v) is 4.78. The third-order valence-electron chi connectivity index (χ3n) is 2.05. The summed E-state index contributed by atoms with van der Waals surface area (Å²) in [5.41, 5.74) is 0.627. The molecule has 2 rings (SSSR count). The van der Waals surface area contributed by atoms with Crippen LogP contribution in [0.4, 0.5) is 11.5 Å². The van der Waals surface area contributed by atoms with Crippen LogP contribution >= 0.6 is 35.4 Å². The Labute approximate surface area is 119 Å². The van der Waals surface area contributed by atoms with E-state index in [1.165, 1.54) is 0 Å². The number of nitrogens with one attached hydrogen (secondary N) is 2. The Balaban J connectivity index is 2.05. The van der Waals surface area contributed by atoms with Gasteiger partial charge in [-0.15, -0.1) is 0 Å². The number of nitrogens with zero attached hydrogens (tertiary/aromatic N) is 1. The summed E-state index contributed by atoms with van der Waals surface area (Å²) in [4.78, 5) is 0. The highest BCUT2D eigenvalue weighted by atomic mass is 35.5. The average molecular weight is 302 g/mol. The Bertz CT molecular complexity index is 585. The van der Waals surface area contributed by atoms with Crippen molar-refractivity contribution in [3.8, 4) is 0 Å². The van der Waals surface area contributed by atoms with Gasteiger partial charge in [0.1, 0.15) is 5.76 Å². The molecule has 7 heteroatoms. The monoisotopic (exact) mass is 301 g/mol. The van der Waals surface area contributed by atoms with Crippen molar-refractivity contribution in [3.63, 3.8) is 0 Å². The SMILES string of the molecule is Cc1cc(NC(=S)Nc2cc(Cl)ccc2Cl)no1. The Hall–Kier alpha value is -1.30. The number of hydrogen-bond donors (Lipinski definition) is 2. The fraction of sp³-hybridized carbons (Fsp3) is 0.0909. The molecule has 0 unspecified atom stereocenters. The third kappa shape index (κ3) is 3.35. The summed E-state index contributed by atoms with van der Waals surface area (Å²) >= 11 is 17.0. The van der Waals surface area contributed by atoms with E-state index >= 15 is 0 Å². The summed E-state index contributed by atoms with van der Waals surface area (Å²) in [6, 6.07) is 6.81. The van der Waals surface area contributed by atoms with Crippen molar-refractivity contribution < 1.29 is 4.52 Å². The van der Waals surface area contributed by atoms with E-state index in [9.17, 15) is 0 Å². The fourth-order valence-electron chi connectivity index (χ4n) is 1.29.